The quantitative estimate of drug-likeness (QED) is 0.898. The van der Waals surface area contributed by atoms with Crippen LogP contribution in [0.1, 0.15) is 6.42 Å². The number of hydrogen-bond donors (Lipinski definition) is 2. The Balaban J connectivity index is 1.81. The van der Waals surface area contributed by atoms with Gasteiger partial charge in [-0.25, -0.2) is 4.79 Å². The van der Waals surface area contributed by atoms with Crippen LogP contribution in [0.2, 0.25) is 5.02 Å². The van der Waals surface area contributed by atoms with Gasteiger partial charge in [0.05, 0.1) is 17.3 Å². The molecular weight excluding hydrogens is 307 g/mol. The van der Waals surface area contributed by atoms with E-state index in [1.54, 1.807) is 24.3 Å². The van der Waals surface area contributed by atoms with Crippen LogP contribution in [-0.2, 0) is 0 Å². The van der Waals surface area contributed by atoms with Gasteiger partial charge in [-0.3, -0.25) is 4.90 Å². The van der Waals surface area contributed by atoms with Crippen molar-refractivity contribution < 1.29 is 18.0 Å². The number of anilines is 1. The van der Waals surface area contributed by atoms with Gasteiger partial charge in [0.25, 0.3) is 0 Å². The third-order valence-corrected chi connectivity index (χ3v) is 3.46. The second-order valence-corrected chi connectivity index (χ2v) is 5.32. The van der Waals surface area contributed by atoms with E-state index in [9.17, 15) is 18.0 Å². The molecule has 2 N–H and O–H groups in total. The molecule has 1 saturated heterocycles. The summed E-state index contributed by atoms with van der Waals surface area (Å²) in [6, 6.07) is 5.97. The second kappa shape index (κ2) is 6.53. The van der Waals surface area contributed by atoms with Gasteiger partial charge in [-0.05, 0) is 18.6 Å². The van der Waals surface area contributed by atoms with Crippen molar-refractivity contribution in [3.05, 3.63) is 29.3 Å². The van der Waals surface area contributed by atoms with E-state index in [2.05, 4.69) is 10.6 Å². The standard InChI is InChI=1S/C13H15ClF3N3O/c14-10-3-1-2-4-11(10)19-12(21)18-9-5-6-20(7-9)8-13(15,16)17/h1-4,9H,5-8H2,(H2,18,19,21). The van der Waals surface area contributed by atoms with E-state index in [0.29, 0.717) is 23.7 Å². The molecule has 1 atom stereocenters. The Hall–Kier alpha value is -1.47. The van der Waals surface area contributed by atoms with Gasteiger partial charge in [0.15, 0.2) is 0 Å². The van der Waals surface area contributed by atoms with Crippen LogP contribution >= 0.6 is 11.6 Å². The molecular formula is C13H15ClF3N3O. The number of alkyl halides is 3. The summed E-state index contributed by atoms with van der Waals surface area (Å²) in [5.41, 5.74) is 0.460. The maximum atomic E-state index is 12.3. The zero-order valence-electron chi connectivity index (χ0n) is 11.1. The predicted octanol–water partition coefficient (Wildman–Crippen LogP) is 3.10. The van der Waals surface area contributed by atoms with Gasteiger partial charge in [0, 0.05) is 19.1 Å². The number of rotatable bonds is 3. The molecule has 0 saturated carbocycles. The summed E-state index contributed by atoms with van der Waals surface area (Å²) in [5, 5.41) is 5.63. The molecule has 1 aliphatic heterocycles. The molecule has 2 amide bonds. The molecule has 0 bridgehead atoms. The van der Waals surface area contributed by atoms with Crippen molar-refractivity contribution in [1.29, 1.82) is 0 Å². The molecule has 0 radical (unpaired) electrons. The lowest BCUT2D eigenvalue weighted by Gasteiger charge is -2.18. The van der Waals surface area contributed by atoms with Crippen LogP contribution in [0, 0.1) is 0 Å². The normalized spacial score (nSPS) is 19.5. The van der Waals surface area contributed by atoms with E-state index < -0.39 is 18.8 Å². The third kappa shape index (κ3) is 5.09. The number of likely N-dealkylation sites (tertiary alicyclic amines) is 1. The molecule has 1 fully saturated rings. The van der Waals surface area contributed by atoms with Crippen LogP contribution in [0.25, 0.3) is 0 Å². The van der Waals surface area contributed by atoms with E-state index in [1.807, 2.05) is 0 Å². The lowest BCUT2D eigenvalue weighted by molar-refractivity contribution is -0.143. The molecule has 21 heavy (non-hydrogen) atoms. The monoisotopic (exact) mass is 321 g/mol. The van der Waals surface area contributed by atoms with Crippen LogP contribution in [0.5, 0.6) is 0 Å². The average Bonchev–Trinajstić information content (AvgIpc) is 2.77. The zero-order chi connectivity index (χ0) is 15.5. The van der Waals surface area contributed by atoms with E-state index >= 15 is 0 Å². The molecule has 4 nitrogen and oxygen atoms in total. The number of para-hydroxylation sites is 1. The molecule has 0 aromatic heterocycles. The fourth-order valence-corrected chi connectivity index (χ4v) is 2.44. The molecule has 116 valence electrons. The zero-order valence-corrected chi connectivity index (χ0v) is 11.8. The molecule has 0 spiro atoms. The Morgan fingerprint density at radius 3 is 2.76 bits per heavy atom. The summed E-state index contributed by atoms with van der Waals surface area (Å²) < 4.78 is 36.8. The Morgan fingerprint density at radius 2 is 2.10 bits per heavy atom. The van der Waals surface area contributed by atoms with Crippen molar-refractivity contribution in [3.8, 4) is 0 Å². The molecule has 2 rings (SSSR count). The molecule has 1 aromatic rings. The van der Waals surface area contributed by atoms with Gasteiger partial charge >= 0.3 is 12.2 Å². The molecule has 1 unspecified atom stereocenters. The van der Waals surface area contributed by atoms with Crippen molar-refractivity contribution in [3.63, 3.8) is 0 Å². The molecule has 1 aliphatic rings. The lowest BCUT2D eigenvalue weighted by atomic mass is 10.3. The summed E-state index contributed by atoms with van der Waals surface area (Å²) in [4.78, 5) is 13.1. The number of carbonyl (C=O) groups is 1. The smallest absolute Gasteiger partial charge is 0.334 e. The number of amides is 2. The van der Waals surface area contributed by atoms with Crippen molar-refractivity contribution in [2.45, 2.75) is 18.6 Å². The third-order valence-electron chi connectivity index (χ3n) is 3.13. The van der Waals surface area contributed by atoms with Crippen molar-refractivity contribution in [2.24, 2.45) is 0 Å². The summed E-state index contributed by atoms with van der Waals surface area (Å²) in [5.74, 6) is 0. The Labute approximate surface area is 125 Å². The average molecular weight is 322 g/mol. The van der Waals surface area contributed by atoms with Gasteiger partial charge in [-0.1, -0.05) is 23.7 Å². The summed E-state index contributed by atoms with van der Waals surface area (Å²) in [7, 11) is 0. The van der Waals surface area contributed by atoms with Crippen LogP contribution in [0.15, 0.2) is 24.3 Å². The highest BCUT2D eigenvalue weighted by molar-refractivity contribution is 6.33. The first-order valence-electron chi connectivity index (χ1n) is 6.44. The molecule has 1 aromatic carbocycles. The summed E-state index contributed by atoms with van der Waals surface area (Å²) in [6.45, 7) is -0.441. The maximum Gasteiger partial charge on any atom is 0.401 e. The number of benzene rings is 1. The van der Waals surface area contributed by atoms with Crippen LogP contribution < -0.4 is 10.6 Å². The Kier molecular flexibility index (Phi) is 4.95. The number of urea groups is 1. The van der Waals surface area contributed by atoms with Crippen LogP contribution in [0.4, 0.5) is 23.7 Å². The lowest BCUT2D eigenvalue weighted by Crippen LogP contribution is -2.41. The number of halogens is 4. The minimum absolute atomic E-state index is 0.190. The highest BCUT2D eigenvalue weighted by atomic mass is 35.5. The molecule has 8 heteroatoms. The van der Waals surface area contributed by atoms with Gasteiger partial charge in [0.1, 0.15) is 0 Å². The minimum atomic E-state index is -4.21. The van der Waals surface area contributed by atoms with Gasteiger partial charge in [-0.2, -0.15) is 13.2 Å². The SMILES string of the molecule is O=C(Nc1ccccc1Cl)NC1CCN(CC(F)(F)F)C1. The van der Waals surface area contributed by atoms with Gasteiger partial charge in [0.2, 0.25) is 0 Å². The first-order valence-corrected chi connectivity index (χ1v) is 6.82. The van der Waals surface area contributed by atoms with E-state index in [1.165, 1.54) is 4.90 Å². The number of hydrogen-bond acceptors (Lipinski definition) is 2. The number of nitrogens with zero attached hydrogens (tertiary/aromatic N) is 1. The topological polar surface area (TPSA) is 44.4 Å². The number of nitrogens with one attached hydrogen (secondary N) is 2. The first-order chi connectivity index (χ1) is 9.83. The van der Waals surface area contributed by atoms with Crippen molar-refractivity contribution >= 4 is 23.3 Å². The van der Waals surface area contributed by atoms with E-state index in [0.717, 1.165) is 0 Å². The highest BCUT2D eigenvalue weighted by Gasteiger charge is 2.34. The van der Waals surface area contributed by atoms with Crippen molar-refractivity contribution in [2.75, 3.05) is 25.0 Å². The van der Waals surface area contributed by atoms with Crippen molar-refractivity contribution in [1.82, 2.24) is 10.2 Å². The second-order valence-electron chi connectivity index (χ2n) is 4.91. The largest absolute Gasteiger partial charge is 0.401 e. The summed E-state index contributed by atoms with van der Waals surface area (Å²) in [6.07, 6.45) is -3.72. The minimum Gasteiger partial charge on any atom is -0.334 e. The predicted molar refractivity (Wildman–Crippen MR) is 74.5 cm³/mol. The molecule has 0 aliphatic carbocycles. The van der Waals surface area contributed by atoms with E-state index in [-0.39, 0.29) is 12.6 Å². The maximum absolute atomic E-state index is 12.3. The first kappa shape index (κ1) is 15.9. The fourth-order valence-electron chi connectivity index (χ4n) is 2.25. The summed E-state index contributed by atoms with van der Waals surface area (Å²) >= 11 is 5.91. The number of carbonyl (C=O) groups excluding carboxylic acids is 1. The fraction of sp³-hybridized carbons (Fsp3) is 0.462. The Bertz CT molecular complexity index is 510. The van der Waals surface area contributed by atoms with E-state index in [4.69, 9.17) is 11.6 Å². The molecule has 1 heterocycles. The highest BCUT2D eigenvalue weighted by Crippen LogP contribution is 2.21. The van der Waals surface area contributed by atoms with Crippen LogP contribution in [-0.4, -0.2) is 42.8 Å². The van der Waals surface area contributed by atoms with Gasteiger partial charge < -0.3 is 10.6 Å². The van der Waals surface area contributed by atoms with Gasteiger partial charge in [-0.15, -0.1) is 0 Å². The van der Waals surface area contributed by atoms with Crippen LogP contribution in [0.3, 0.4) is 0 Å². The Morgan fingerprint density at radius 1 is 1.38 bits per heavy atom.